The Labute approximate surface area is 212 Å². The van der Waals surface area contributed by atoms with E-state index in [-0.39, 0.29) is 30.7 Å². The largest absolute Gasteiger partial charge is 0.494 e. The molecular weight excluding hydrogens is 504 g/mol. The van der Waals surface area contributed by atoms with Gasteiger partial charge in [-0.3, -0.25) is 14.6 Å². The van der Waals surface area contributed by atoms with E-state index in [0.717, 1.165) is 44.0 Å². The molecule has 0 bridgehead atoms. The summed E-state index contributed by atoms with van der Waals surface area (Å²) in [6.07, 6.45) is 0.767. The number of aromatic nitrogens is 1. The van der Waals surface area contributed by atoms with Crippen LogP contribution in [-0.4, -0.2) is 68.9 Å². The van der Waals surface area contributed by atoms with Gasteiger partial charge in [0, 0.05) is 26.2 Å². The number of ether oxygens (including phenoxy) is 3. The van der Waals surface area contributed by atoms with E-state index in [1.54, 1.807) is 24.1 Å². The summed E-state index contributed by atoms with van der Waals surface area (Å²) >= 11 is 7.72. The molecule has 4 rings (SSSR count). The second-order valence-corrected chi connectivity index (χ2v) is 8.90. The second-order valence-electron chi connectivity index (χ2n) is 7.52. The molecule has 2 heterocycles. The highest BCUT2D eigenvalue weighted by Crippen LogP contribution is 2.38. The molecule has 1 amide bonds. The van der Waals surface area contributed by atoms with Crippen molar-refractivity contribution in [2.24, 2.45) is 0 Å². The van der Waals surface area contributed by atoms with Gasteiger partial charge in [-0.2, -0.15) is 0 Å². The Hall–Kier alpha value is -2.17. The van der Waals surface area contributed by atoms with E-state index in [2.05, 4.69) is 9.88 Å². The summed E-state index contributed by atoms with van der Waals surface area (Å²) in [5, 5.41) is 1.09. The fourth-order valence-electron chi connectivity index (χ4n) is 3.58. The predicted molar refractivity (Wildman–Crippen MR) is 135 cm³/mol. The van der Waals surface area contributed by atoms with Crippen molar-refractivity contribution in [3.05, 3.63) is 47.2 Å². The third-order valence-corrected chi connectivity index (χ3v) is 6.87. The van der Waals surface area contributed by atoms with Crippen LogP contribution in [0.1, 0.15) is 6.42 Å². The highest BCUT2D eigenvalue weighted by molar-refractivity contribution is 7.23. The minimum Gasteiger partial charge on any atom is -0.494 e. The number of hydrogen-bond donors (Lipinski definition) is 0. The first-order valence-corrected chi connectivity index (χ1v) is 11.9. The summed E-state index contributed by atoms with van der Waals surface area (Å²) in [6, 6.07) is 9.09. The number of benzene rings is 2. The lowest BCUT2D eigenvalue weighted by molar-refractivity contribution is -0.120. The Bertz CT molecular complexity index is 1090. The topological polar surface area (TPSA) is 64.1 Å². The number of methoxy groups -OCH3 is 1. The van der Waals surface area contributed by atoms with Gasteiger partial charge in [-0.1, -0.05) is 22.9 Å². The molecule has 7 nitrogen and oxygen atoms in total. The fraction of sp³-hybridized carbons (Fsp3) is 0.391. The van der Waals surface area contributed by atoms with Crippen LogP contribution < -0.4 is 14.4 Å². The molecule has 0 N–H and O–H groups in total. The van der Waals surface area contributed by atoms with Gasteiger partial charge in [-0.25, -0.2) is 9.37 Å². The molecule has 0 aliphatic carbocycles. The molecule has 0 unspecified atom stereocenters. The standard InChI is InChI=1S/C23H25ClFN3O4S.ClH/c1-30-19-8-7-18(24)22-21(19)26-23(33-22)28(10-2-9-27-11-13-31-14-12-27)20(29)15-32-17-5-3-16(25)4-6-17;/h3-8H,2,9-15H2,1H3;1H. The maximum Gasteiger partial charge on any atom is 0.266 e. The molecule has 11 heteroatoms. The Morgan fingerprint density at radius 1 is 1.24 bits per heavy atom. The number of fused-ring (bicyclic) bond motifs is 1. The number of rotatable bonds is 9. The third kappa shape index (κ3) is 6.49. The zero-order valence-electron chi connectivity index (χ0n) is 18.7. The number of halogens is 3. The van der Waals surface area contributed by atoms with Gasteiger partial charge in [0.2, 0.25) is 0 Å². The number of anilines is 1. The average Bonchev–Trinajstić information content (AvgIpc) is 3.28. The number of carbonyl (C=O) groups excluding carboxylic acids is 1. The smallest absolute Gasteiger partial charge is 0.266 e. The minimum absolute atomic E-state index is 0. The first kappa shape index (κ1) is 26.4. The Morgan fingerprint density at radius 2 is 1.97 bits per heavy atom. The number of nitrogens with zero attached hydrogens (tertiary/aromatic N) is 3. The number of morpholine rings is 1. The molecule has 34 heavy (non-hydrogen) atoms. The van der Waals surface area contributed by atoms with Crippen molar-refractivity contribution in [1.82, 2.24) is 9.88 Å². The summed E-state index contributed by atoms with van der Waals surface area (Å²) in [4.78, 5) is 21.8. The minimum atomic E-state index is -0.362. The zero-order chi connectivity index (χ0) is 23.2. The molecule has 184 valence electrons. The first-order chi connectivity index (χ1) is 16.0. The van der Waals surface area contributed by atoms with Gasteiger partial charge in [0.15, 0.2) is 11.7 Å². The van der Waals surface area contributed by atoms with Crippen molar-refractivity contribution in [2.75, 3.05) is 58.0 Å². The summed E-state index contributed by atoms with van der Waals surface area (Å²) in [5.74, 6) is 0.418. The van der Waals surface area contributed by atoms with Gasteiger partial charge in [-0.05, 0) is 42.8 Å². The molecule has 0 radical (unpaired) electrons. The summed E-state index contributed by atoms with van der Waals surface area (Å²) in [6.45, 7) is 4.35. The van der Waals surface area contributed by atoms with Crippen LogP contribution in [0.3, 0.4) is 0 Å². The first-order valence-electron chi connectivity index (χ1n) is 10.7. The normalized spacial score (nSPS) is 14.0. The third-order valence-electron chi connectivity index (χ3n) is 5.33. The van der Waals surface area contributed by atoms with Crippen LogP contribution >= 0.6 is 35.3 Å². The molecule has 1 aliphatic rings. The SMILES string of the molecule is COc1ccc(Cl)c2sc(N(CCCN3CCOCC3)C(=O)COc3ccc(F)cc3)nc12.Cl. The predicted octanol–water partition coefficient (Wildman–Crippen LogP) is 4.65. The molecule has 2 aromatic carbocycles. The van der Waals surface area contributed by atoms with Crippen molar-refractivity contribution < 1.29 is 23.4 Å². The second kappa shape index (κ2) is 12.5. The van der Waals surface area contributed by atoms with E-state index in [0.29, 0.717) is 33.7 Å². The van der Waals surface area contributed by atoms with Gasteiger partial charge in [-0.15, -0.1) is 12.4 Å². The highest BCUT2D eigenvalue weighted by atomic mass is 35.5. The van der Waals surface area contributed by atoms with Gasteiger partial charge in [0.25, 0.3) is 5.91 Å². The van der Waals surface area contributed by atoms with E-state index >= 15 is 0 Å². The van der Waals surface area contributed by atoms with E-state index in [9.17, 15) is 9.18 Å². The molecular formula is C23H26Cl2FN3O4S. The Morgan fingerprint density at radius 3 is 2.68 bits per heavy atom. The molecule has 3 aromatic rings. The van der Waals surface area contributed by atoms with E-state index in [1.807, 2.05) is 0 Å². The number of amides is 1. The Balaban J connectivity index is 0.00000324. The zero-order valence-corrected chi connectivity index (χ0v) is 21.1. The molecule has 0 saturated carbocycles. The molecule has 1 aliphatic heterocycles. The van der Waals surface area contributed by atoms with Gasteiger partial charge in [0.1, 0.15) is 22.8 Å². The highest BCUT2D eigenvalue weighted by Gasteiger charge is 2.23. The van der Waals surface area contributed by atoms with Crippen LogP contribution in [0.4, 0.5) is 9.52 Å². The molecule has 0 atom stereocenters. The number of carbonyl (C=O) groups is 1. The summed E-state index contributed by atoms with van der Waals surface area (Å²) < 4.78 is 30.3. The van der Waals surface area contributed by atoms with Crippen molar-refractivity contribution in [3.63, 3.8) is 0 Å². The van der Waals surface area contributed by atoms with E-state index < -0.39 is 0 Å². The average molecular weight is 530 g/mol. The lowest BCUT2D eigenvalue weighted by atomic mass is 10.3. The van der Waals surface area contributed by atoms with Gasteiger partial charge >= 0.3 is 0 Å². The monoisotopic (exact) mass is 529 g/mol. The van der Waals surface area contributed by atoms with E-state index in [4.69, 9.17) is 25.8 Å². The maximum atomic E-state index is 13.2. The molecule has 1 fully saturated rings. The lowest BCUT2D eigenvalue weighted by Gasteiger charge is -2.27. The van der Waals surface area contributed by atoms with Crippen molar-refractivity contribution in [3.8, 4) is 11.5 Å². The summed E-state index contributed by atoms with van der Waals surface area (Å²) in [7, 11) is 1.57. The van der Waals surface area contributed by atoms with Gasteiger partial charge in [0.05, 0.1) is 30.0 Å². The van der Waals surface area contributed by atoms with Crippen LogP contribution in [-0.2, 0) is 9.53 Å². The lowest BCUT2D eigenvalue weighted by Crippen LogP contribution is -2.40. The maximum absolute atomic E-state index is 13.2. The number of hydrogen-bond acceptors (Lipinski definition) is 7. The molecule has 0 spiro atoms. The van der Waals surface area contributed by atoms with Crippen LogP contribution in [0.15, 0.2) is 36.4 Å². The van der Waals surface area contributed by atoms with Crippen molar-refractivity contribution >= 4 is 56.6 Å². The molecule has 1 aromatic heterocycles. The quantitative estimate of drug-likeness (QED) is 0.401. The van der Waals surface area contributed by atoms with E-state index in [1.165, 1.54) is 35.6 Å². The van der Waals surface area contributed by atoms with Crippen LogP contribution in [0, 0.1) is 5.82 Å². The van der Waals surface area contributed by atoms with Crippen LogP contribution in [0.5, 0.6) is 11.5 Å². The Kier molecular flexibility index (Phi) is 9.73. The van der Waals surface area contributed by atoms with Crippen LogP contribution in [0.2, 0.25) is 5.02 Å². The summed E-state index contributed by atoms with van der Waals surface area (Å²) in [5.41, 5.74) is 0.621. The number of thiazole rings is 1. The molecule has 1 saturated heterocycles. The van der Waals surface area contributed by atoms with Crippen LogP contribution in [0.25, 0.3) is 10.2 Å². The van der Waals surface area contributed by atoms with Crippen molar-refractivity contribution in [1.29, 1.82) is 0 Å². The van der Waals surface area contributed by atoms with Gasteiger partial charge < -0.3 is 14.2 Å². The van der Waals surface area contributed by atoms with Crippen molar-refractivity contribution in [2.45, 2.75) is 6.42 Å². The fourth-order valence-corrected chi connectivity index (χ4v) is 4.88.